The number of hydrogen-bond donors (Lipinski definition) is 1. The van der Waals surface area contributed by atoms with E-state index in [1.807, 2.05) is 11.7 Å². The van der Waals surface area contributed by atoms with Gasteiger partial charge < -0.3 is 14.5 Å². The fourth-order valence-corrected chi connectivity index (χ4v) is 1.96. The molecule has 0 aliphatic carbocycles. The number of likely N-dealkylation sites (N-methyl/N-ethyl adjacent to an activating group) is 1. The number of oxazole rings is 1. The van der Waals surface area contributed by atoms with Crippen LogP contribution in [-0.2, 0) is 11.3 Å². The Morgan fingerprint density at radius 2 is 2.60 bits per heavy atom. The SMILES string of the molecule is CNC[C@H]1OCCn2nc3ocnc3c21. The van der Waals surface area contributed by atoms with Gasteiger partial charge in [-0.3, -0.25) is 4.68 Å². The fraction of sp³-hybridized carbons (Fsp3) is 0.556. The quantitative estimate of drug-likeness (QED) is 0.769. The van der Waals surface area contributed by atoms with Gasteiger partial charge in [-0.05, 0) is 7.05 Å². The maximum absolute atomic E-state index is 5.68. The largest absolute Gasteiger partial charge is 0.424 e. The highest BCUT2D eigenvalue weighted by Crippen LogP contribution is 2.28. The Labute approximate surface area is 86.2 Å². The molecule has 1 atom stereocenters. The van der Waals surface area contributed by atoms with Crippen molar-refractivity contribution in [1.29, 1.82) is 0 Å². The van der Waals surface area contributed by atoms with Crippen LogP contribution in [0.25, 0.3) is 11.2 Å². The van der Waals surface area contributed by atoms with Gasteiger partial charge in [0.1, 0.15) is 6.10 Å². The van der Waals surface area contributed by atoms with E-state index in [0.29, 0.717) is 12.3 Å². The zero-order valence-corrected chi connectivity index (χ0v) is 8.43. The van der Waals surface area contributed by atoms with Gasteiger partial charge in [-0.15, -0.1) is 5.10 Å². The van der Waals surface area contributed by atoms with E-state index in [4.69, 9.17) is 9.15 Å². The standard InChI is InChI=1S/C9H12N4O2/c1-10-4-6-8-7-9(15-5-11-7)12-13(8)2-3-14-6/h5-6,10H,2-4H2,1H3/t6-/m1/s1. The Hall–Kier alpha value is -1.40. The molecule has 1 aliphatic rings. The van der Waals surface area contributed by atoms with Crippen molar-refractivity contribution in [2.45, 2.75) is 12.6 Å². The van der Waals surface area contributed by atoms with Crippen LogP contribution in [0.4, 0.5) is 0 Å². The van der Waals surface area contributed by atoms with E-state index in [1.165, 1.54) is 6.39 Å². The van der Waals surface area contributed by atoms with E-state index in [-0.39, 0.29) is 6.10 Å². The Kier molecular flexibility index (Phi) is 1.96. The summed E-state index contributed by atoms with van der Waals surface area (Å²) in [5, 5.41) is 7.43. The first-order chi connectivity index (χ1) is 7.40. The highest BCUT2D eigenvalue weighted by molar-refractivity contribution is 5.71. The zero-order chi connectivity index (χ0) is 10.3. The van der Waals surface area contributed by atoms with E-state index in [1.54, 1.807) is 0 Å². The van der Waals surface area contributed by atoms with Gasteiger partial charge >= 0.3 is 0 Å². The lowest BCUT2D eigenvalue weighted by Crippen LogP contribution is -2.28. The van der Waals surface area contributed by atoms with Crippen LogP contribution in [0.5, 0.6) is 0 Å². The molecule has 0 spiro atoms. The number of ether oxygens (including phenoxy) is 1. The van der Waals surface area contributed by atoms with Gasteiger partial charge in [0.2, 0.25) is 0 Å². The van der Waals surface area contributed by atoms with Crippen LogP contribution >= 0.6 is 0 Å². The predicted octanol–water partition coefficient (Wildman–Crippen LogP) is 0.315. The van der Waals surface area contributed by atoms with E-state index in [2.05, 4.69) is 15.4 Å². The summed E-state index contributed by atoms with van der Waals surface area (Å²) < 4.78 is 12.8. The molecule has 0 fully saturated rings. The van der Waals surface area contributed by atoms with Gasteiger partial charge in [0.05, 0.1) is 18.8 Å². The number of fused-ring (bicyclic) bond motifs is 3. The van der Waals surface area contributed by atoms with Gasteiger partial charge in [-0.25, -0.2) is 4.98 Å². The maximum Gasteiger partial charge on any atom is 0.265 e. The van der Waals surface area contributed by atoms with Crippen molar-refractivity contribution >= 4 is 11.2 Å². The molecule has 0 saturated heterocycles. The minimum atomic E-state index is 0.0128. The number of nitrogens with zero attached hydrogens (tertiary/aromatic N) is 3. The molecule has 0 amide bonds. The van der Waals surface area contributed by atoms with E-state index in [9.17, 15) is 0 Å². The van der Waals surface area contributed by atoms with Crippen molar-refractivity contribution in [2.75, 3.05) is 20.2 Å². The summed E-state index contributed by atoms with van der Waals surface area (Å²) in [4.78, 5) is 4.17. The molecule has 0 saturated carbocycles. The number of nitrogens with one attached hydrogen (secondary N) is 1. The Morgan fingerprint density at radius 3 is 3.47 bits per heavy atom. The molecule has 15 heavy (non-hydrogen) atoms. The van der Waals surface area contributed by atoms with Gasteiger partial charge in [0.25, 0.3) is 5.71 Å². The predicted molar refractivity (Wildman–Crippen MR) is 52.4 cm³/mol. The zero-order valence-electron chi connectivity index (χ0n) is 8.43. The monoisotopic (exact) mass is 208 g/mol. The van der Waals surface area contributed by atoms with Crippen LogP contribution in [0.1, 0.15) is 11.8 Å². The second-order valence-corrected chi connectivity index (χ2v) is 3.53. The molecule has 1 aliphatic heterocycles. The van der Waals surface area contributed by atoms with Crippen molar-refractivity contribution in [1.82, 2.24) is 20.1 Å². The molecule has 0 radical (unpaired) electrons. The van der Waals surface area contributed by atoms with Crippen molar-refractivity contribution < 1.29 is 9.15 Å². The molecular formula is C9H12N4O2. The summed E-state index contributed by atoms with van der Waals surface area (Å²) in [7, 11) is 1.90. The third-order valence-corrected chi connectivity index (χ3v) is 2.60. The number of aromatic nitrogens is 3. The first-order valence-electron chi connectivity index (χ1n) is 4.96. The molecule has 80 valence electrons. The molecule has 0 bridgehead atoms. The molecule has 6 heteroatoms. The summed E-state index contributed by atoms with van der Waals surface area (Å²) >= 11 is 0. The Balaban J connectivity index is 2.13. The molecule has 6 nitrogen and oxygen atoms in total. The average Bonchev–Trinajstić information content (AvgIpc) is 2.77. The molecule has 2 aromatic heterocycles. The highest BCUT2D eigenvalue weighted by Gasteiger charge is 2.27. The first-order valence-corrected chi connectivity index (χ1v) is 4.96. The summed E-state index contributed by atoms with van der Waals surface area (Å²) in [5.74, 6) is 0. The van der Waals surface area contributed by atoms with Crippen molar-refractivity contribution in [3.8, 4) is 0 Å². The summed E-state index contributed by atoms with van der Waals surface area (Å²) in [6.45, 7) is 2.21. The Morgan fingerprint density at radius 1 is 1.67 bits per heavy atom. The van der Waals surface area contributed by atoms with Crippen molar-refractivity contribution in [3.05, 3.63) is 12.1 Å². The molecule has 0 unspecified atom stereocenters. The second-order valence-electron chi connectivity index (χ2n) is 3.53. The smallest absolute Gasteiger partial charge is 0.265 e. The molecule has 3 heterocycles. The van der Waals surface area contributed by atoms with Crippen LogP contribution in [0.2, 0.25) is 0 Å². The topological polar surface area (TPSA) is 65.1 Å². The molecular weight excluding hydrogens is 196 g/mol. The normalized spacial score (nSPS) is 20.7. The van der Waals surface area contributed by atoms with Gasteiger partial charge in [-0.2, -0.15) is 0 Å². The lowest BCUT2D eigenvalue weighted by Gasteiger charge is -2.23. The van der Waals surface area contributed by atoms with E-state index in [0.717, 1.165) is 24.3 Å². The molecule has 3 rings (SSSR count). The molecule has 1 N–H and O–H groups in total. The molecule has 0 aromatic carbocycles. The average molecular weight is 208 g/mol. The summed E-state index contributed by atoms with van der Waals surface area (Å²) in [6.07, 6.45) is 1.43. The summed E-state index contributed by atoms with van der Waals surface area (Å²) in [6, 6.07) is 0. The van der Waals surface area contributed by atoms with Crippen molar-refractivity contribution in [3.63, 3.8) is 0 Å². The van der Waals surface area contributed by atoms with Crippen LogP contribution in [-0.4, -0.2) is 35.0 Å². The lowest BCUT2D eigenvalue weighted by atomic mass is 10.2. The lowest BCUT2D eigenvalue weighted by molar-refractivity contribution is 0.0193. The van der Waals surface area contributed by atoms with Crippen LogP contribution in [0.15, 0.2) is 10.8 Å². The molecule has 2 aromatic rings. The maximum atomic E-state index is 5.68. The third-order valence-electron chi connectivity index (χ3n) is 2.60. The minimum Gasteiger partial charge on any atom is -0.424 e. The number of rotatable bonds is 2. The third kappa shape index (κ3) is 1.25. The van der Waals surface area contributed by atoms with Crippen LogP contribution in [0.3, 0.4) is 0 Å². The fourth-order valence-electron chi connectivity index (χ4n) is 1.96. The van der Waals surface area contributed by atoms with E-state index < -0.39 is 0 Å². The van der Waals surface area contributed by atoms with Gasteiger partial charge in [-0.1, -0.05) is 0 Å². The minimum absolute atomic E-state index is 0.0128. The van der Waals surface area contributed by atoms with Gasteiger partial charge in [0.15, 0.2) is 11.9 Å². The van der Waals surface area contributed by atoms with Crippen molar-refractivity contribution in [2.24, 2.45) is 0 Å². The first kappa shape index (κ1) is 8.87. The highest BCUT2D eigenvalue weighted by atomic mass is 16.5. The second kappa shape index (κ2) is 3.32. The van der Waals surface area contributed by atoms with Crippen LogP contribution < -0.4 is 5.32 Å². The summed E-state index contributed by atoms with van der Waals surface area (Å²) in [5.41, 5.74) is 2.42. The number of hydrogen-bond acceptors (Lipinski definition) is 5. The van der Waals surface area contributed by atoms with Crippen LogP contribution in [0, 0.1) is 0 Å². The van der Waals surface area contributed by atoms with E-state index >= 15 is 0 Å². The Bertz CT molecular complexity index is 475. The van der Waals surface area contributed by atoms with Gasteiger partial charge in [0, 0.05) is 6.54 Å².